The van der Waals surface area contributed by atoms with Gasteiger partial charge in [0.2, 0.25) is 10.0 Å². The lowest BCUT2D eigenvalue weighted by Crippen LogP contribution is -2.42. The summed E-state index contributed by atoms with van der Waals surface area (Å²) in [7, 11) is -0.244. The molecule has 1 saturated carbocycles. The van der Waals surface area contributed by atoms with Gasteiger partial charge < -0.3 is 5.73 Å². The van der Waals surface area contributed by atoms with Crippen LogP contribution in [-0.2, 0) is 17.1 Å². The minimum absolute atomic E-state index is 0.0540. The highest BCUT2D eigenvalue weighted by Gasteiger charge is 2.34. The zero-order valence-corrected chi connectivity index (χ0v) is 12.5. The van der Waals surface area contributed by atoms with Crippen LogP contribution >= 0.6 is 0 Å². The highest BCUT2D eigenvalue weighted by atomic mass is 32.2. The fraction of sp³-hybridized carbons (Fsp3) is 0.750. The van der Waals surface area contributed by atoms with Gasteiger partial charge in [0.25, 0.3) is 0 Å². The molecule has 0 aromatic carbocycles. The van der Waals surface area contributed by atoms with Crippen LogP contribution in [0.25, 0.3) is 0 Å². The number of nitrogens with two attached hydrogens (primary N) is 1. The van der Waals surface area contributed by atoms with Crippen molar-refractivity contribution in [1.82, 2.24) is 14.1 Å². The second kappa shape index (κ2) is 5.13. The molecule has 2 atom stereocenters. The van der Waals surface area contributed by atoms with E-state index in [2.05, 4.69) is 12.0 Å². The summed E-state index contributed by atoms with van der Waals surface area (Å²) in [5.41, 5.74) is 5.69. The van der Waals surface area contributed by atoms with Crippen LogP contribution in [0.15, 0.2) is 11.1 Å². The Bertz CT molecular complexity index is 552. The number of hydrogen-bond acceptors (Lipinski definition) is 4. The first-order valence-corrected chi connectivity index (χ1v) is 8.05. The molecule has 0 saturated heterocycles. The van der Waals surface area contributed by atoms with Crippen LogP contribution < -0.4 is 5.73 Å². The largest absolute Gasteiger partial charge is 0.381 e. The van der Waals surface area contributed by atoms with Gasteiger partial charge in [-0.25, -0.2) is 8.42 Å². The molecule has 1 aromatic rings. The SMILES string of the molecule is CC1CCCCC1N(C)S(=O)(=O)c1cn(C)nc1N. The van der Waals surface area contributed by atoms with Gasteiger partial charge in [-0.05, 0) is 18.8 Å². The molecule has 1 aromatic heterocycles. The average Bonchev–Trinajstić information content (AvgIpc) is 2.69. The maximum Gasteiger partial charge on any atom is 0.248 e. The van der Waals surface area contributed by atoms with E-state index < -0.39 is 10.0 Å². The number of aryl methyl sites for hydroxylation is 1. The molecule has 0 radical (unpaired) electrons. The number of rotatable bonds is 3. The summed E-state index contributed by atoms with van der Waals surface area (Å²) in [6.07, 6.45) is 5.72. The summed E-state index contributed by atoms with van der Waals surface area (Å²) in [4.78, 5) is 0.107. The molecule has 2 rings (SSSR count). The third-order valence-electron chi connectivity index (χ3n) is 4.01. The fourth-order valence-electron chi connectivity index (χ4n) is 2.85. The summed E-state index contributed by atoms with van der Waals surface area (Å²) in [6.45, 7) is 2.11. The molecule has 7 heteroatoms. The Morgan fingerprint density at radius 2 is 2.05 bits per heavy atom. The lowest BCUT2D eigenvalue weighted by molar-refractivity contribution is 0.213. The van der Waals surface area contributed by atoms with Crippen molar-refractivity contribution in [1.29, 1.82) is 0 Å². The highest BCUT2D eigenvalue weighted by Crippen LogP contribution is 2.31. The third kappa shape index (κ3) is 2.62. The molecule has 0 aliphatic heterocycles. The average molecular weight is 286 g/mol. The molecule has 1 aliphatic rings. The van der Waals surface area contributed by atoms with E-state index in [1.54, 1.807) is 14.1 Å². The van der Waals surface area contributed by atoms with Crippen molar-refractivity contribution in [2.45, 2.75) is 43.5 Å². The van der Waals surface area contributed by atoms with Crippen molar-refractivity contribution in [3.63, 3.8) is 0 Å². The molecule has 1 fully saturated rings. The van der Waals surface area contributed by atoms with Gasteiger partial charge in [0.05, 0.1) is 0 Å². The highest BCUT2D eigenvalue weighted by molar-refractivity contribution is 7.89. The van der Waals surface area contributed by atoms with E-state index in [1.807, 2.05) is 0 Å². The van der Waals surface area contributed by atoms with Crippen LogP contribution in [0.5, 0.6) is 0 Å². The van der Waals surface area contributed by atoms with Crippen LogP contribution in [0.2, 0.25) is 0 Å². The number of sulfonamides is 1. The van der Waals surface area contributed by atoms with Crippen molar-refractivity contribution in [2.75, 3.05) is 12.8 Å². The van der Waals surface area contributed by atoms with Gasteiger partial charge >= 0.3 is 0 Å². The second-order valence-electron chi connectivity index (χ2n) is 5.40. The van der Waals surface area contributed by atoms with Gasteiger partial charge in [-0.2, -0.15) is 9.40 Å². The van der Waals surface area contributed by atoms with E-state index >= 15 is 0 Å². The predicted octanol–water partition coefficient (Wildman–Crippen LogP) is 1.20. The summed E-state index contributed by atoms with van der Waals surface area (Å²) < 4.78 is 28.1. The van der Waals surface area contributed by atoms with E-state index in [4.69, 9.17) is 5.73 Å². The Balaban J connectivity index is 2.31. The second-order valence-corrected chi connectivity index (χ2v) is 7.37. The molecule has 0 bridgehead atoms. The standard InChI is InChI=1S/C12H22N4O2S/c1-9-6-4-5-7-10(9)16(3)19(17,18)11-8-15(2)14-12(11)13/h8-10H,4-7H2,1-3H3,(H2,13,14). The molecule has 19 heavy (non-hydrogen) atoms. The number of hydrogen-bond donors (Lipinski definition) is 1. The third-order valence-corrected chi connectivity index (χ3v) is 5.91. The normalized spacial score (nSPS) is 24.8. The Labute approximate surface area is 114 Å². The quantitative estimate of drug-likeness (QED) is 0.905. The van der Waals surface area contributed by atoms with E-state index in [0.717, 1.165) is 19.3 Å². The lowest BCUT2D eigenvalue weighted by atomic mass is 9.86. The fourth-order valence-corrected chi connectivity index (χ4v) is 4.42. The maximum atomic E-state index is 12.6. The summed E-state index contributed by atoms with van der Waals surface area (Å²) >= 11 is 0. The molecule has 0 amide bonds. The van der Waals surface area contributed by atoms with Crippen molar-refractivity contribution >= 4 is 15.8 Å². The van der Waals surface area contributed by atoms with E-state index in [9.17, 15) is 8.42 Å². The Morgan fingerprint density at radius 1 is 1.42 bits per heavy atom. The van der Waals surface area contributed by atoms with E-state index in [0.29, 0.717) is 5.92 Å². The number of nitrogen functional groups attached to an aromatic ring is 1. The van der Waals surface area contributed by atoms with Gasteiger partial charge in [0.15, 0.2) is 5.82 Å². The van der Waals surface area contributed by atoms with Crippen LogP contribution in [-0.4, -0.2) is 35.6 Å². The Hall–Kier alpha value is -1.08. The molecule has 6 nitrogen and oxygen atoms in total. The first-order valence-electron chi connectivity index (χ1n) is 6.61. The summed E-state index contributed by atoms with van der Waals surface area (Å²) in [6, 6.07) is 0.0540. The lowest BCUT2D eigenvalue weighted by Gasteiger charge is -2.35. The number of nitrogens with zero attached hydrogens (tertiary/aromatic N) is 3. The van der Waals surface area contributed by atoms with Gasteiger partial charge in [0.1, 0.15) is 4.90 Å². The molecular weight excluding hydrogens is 264 g/mol. The number of aromatic nitrogens is 2. The zero-order valence-electron chi connectivity index (χ0n) is 11.7. The number of anilines is 1. The van der Waals surface area contributed by atoms with E-state index in [1.165, 1.54) is 21.6 Å². The van der Waals surface area contributed by atoms with Crippen LogP contribution in [0, 0.1) is 5.92 Å². The Morgan fingerprint density at radius 3 is 2.58 bits per heavy atom. The molecule has 2 N–H and O–H groups in total. The van der Waals surface area contributed by atoms with Crippen molar-refractivity contribution in [2.24, 2.45) is 13.0 Å². The van der Waals surface area contributed by atoms with Gasteiger partial charge in [-0.1, -0.05) is 19.8 Å². The van der Waals surface area contributed by atoms with Gasteiger partial charge in [-0.15, -0.1) is 0 Å². The molecule has 1 heterocycles. The summed E-state index contributed by atoms with van der Waals surface area (Å²) in [5.74, 6) is 0.448. The minimum Gasteiger partial charge on any atom is -0.381 e. The first-order chi connectivity index (χ1) is 8.84. The topological polar surface area (TPSA) is 81.2 Å². The van der Waals surface area contributed by atoms with Crippen LogP contribution in [0.1, 0.15) is 32.6 Å². The van der Waals surface area contributed by atoms with Gasteiger partial charge in [-0.3, -0.25) is 4.68 Å². The first kappa shape index (κ1) is 14.3. The van der Waals surface area contributed by atoms with Crippen LogP contribution in [0.4, 0.5) is 5.82 Å². The van der Waals surface area contributed by atoms with Crippen molar-refractivity contribution in [3.8, 4) is 0 Å². The predicted molar refractivity (Wildman–Crippen MR) is 74.0 cm³/mol. The van der Waals surface area contributed by atoms with Gasteiger partial charge in [0, 0.05) is 26.3 Å². The molecular formula is C12H22N4O2S. The monoisotopic (exact) mass is 286 g/mol. The smallest absolute Gasteiger partial charge is 0.248 e. The maximum absolute atomic E-state index is 12.6. The Kier molecular flexibility index (Phi) is 3.87. The van der Waals surface area contributed by atoms with E-state index in [-0.39, 0.29) is 16.8 Å². The summed E-state index contributed by atoms with van der Waals surface area (Å²) in [5, 5.41) is 3.91. The molecule has 2 unspecified atom stereocenters. The zero-order chi connectivity index (χ0) is 14.2. The molecule has 0 spiro atoms. The molecule has 1 aliphatic carbocycles. The molecule has 108 valence electrons. The van der Waals surface area contributed by atoms with Crippen molar-refractivity contribution < 1.29 is 8.42 Å². The minimum atomic E-state index is -3.56. The van der Waals surface area contributed by atoms with Crippen molar-refractivity contribution in [3.05, 3.63) is 6.20 Å². The van der Waals surface area contributed by atoms with Crippen LogP contribution in [0.3, 0.4) is 0 Å².